The quantitative estimate of drug-likeness (QED) is 0.610. The molecule has 1 aromatic carbocycles. The van der Waals surface area contributed by atoms with Gasteiger partial charge in [0.15, 0.2) is 0 Å². The van der Waals surface area contributed by atoms with Crippen LogP contribution in [0.15, 0.2) is 30.4 Å². The van der Waals surface area contributed by atoms with Crippen LogP contribution in [-0.2, 0) is 6.42 Å². The Labute approximate surface area is 110 Å². The number of hydrogen-bond acceptors (Lipinski definition) is 2. The molecule has 1 unspecified atom stereocenters. The third-order valence-corrected chi connectivity index (χ3v) is 3.46. The zero-order valence-corrected chi connectivity index (χ0v) is 11.4. The normalized spacial score (nSPS) is 15.7. The minimum absolute atomic E-state index is 0.459. The second-order valence-corrected chi connectivity index (χ2v) is 4.74. The predicted octanol–water partition coefficient (Wildman–Crippen LogP) is 3.63. The summed E-state index contributed by atoms with van der Waals surface area (Å²) in [5, 5.41) is 3.62. The van der Waals surface area contributed by atoms with Gasteiger partial charge in [0.2, 0.25) is 0 Å². The van der Waals surface area contributed by atoms with Gasteiger partial charge in [-0.3, -0.25) is 0 Å². The number of benzene rings is 1. The Hall–Kier alpha value is -1.28. The highest BCUT2D eigenvalue weighted by atomic mass is 16.5. The zero-order valence-electron chi connectivity index (χ0n) is 11.4. The fraction of sp³-hybridized carbons (Fsp3) is 0.500. The van der Waals surface area contributed by atoms with Crippen LogP contribution in [0, 0.1) is 0 Å². The van der Waals surface area contributed by atoms with Crippen molar-refractivity contribution >= 4 is 0 Å². The Kier molecular flexibility index (Phi) is 4.82. The first kappa shape index (κ1) is 13.2. The van der Waals surface area contributed by atoms with Gasteiger partial charge in [-0.1, -0.05) is 31.2 Å². The first-order chi connectivity index (χ1) is 8.85. The molecule has 2 nitrogen and oxygen atoms in total. The van der Waals surface area contributed by atoms with E-state index in [1.54, 1.807) is 0 Å². The molecule has 0 saturated heterocycles. The van der Waals surface area contributed by atoms with Crippen molar-refractivity contribution in [2.45, 2.75) is 39.2 Å². The van der Waals surface area contributed by atoms with Crippen molar-refractivity contribution < 1.29 is 4.74 Å². The monoisotopic (exact) mass is 245 g/mol. The van der Waals surface area contributed by atoms with Crippen LogP contribution in [0.2, 0.25) is 0 Å². The molecule has 18 heavy (non-hydrogen) atoms. The van der Waals surface area contributed by atoms with Gasteiger partial charge in [-0.2, -0.15) is 0 Å². The molecule has 1 heterocycles. The van der Waals surface area contributed by atoms with Gasteiger partial charge < -0.3 is 10.1 Å². The number of rotatable bonds is 6. The molecule has 0 amide bonds. The molecule has 98 valence electrons. The highest BCUT2D eigenvalue weighted by molar-refractivity contribution is 5.40. The van der Waals surface area contributed by atoms with Crippen LogP contribution in [0.4, 0.5) is 0 Å². The fourth-order valence-corrected chi connectivity index (χ4v) is 2.43. The van der Waals surface area contributed by atoms with E-state index in [2.05, 4.69) is 49.5 Å². The molecule has 0 aliphatic carbocycles. The SMILES string of the molecule is C/C=C/CCNC(CC)c1ccc2c(c1)CCO2. The Morgan fingerprint density at radius 1 is 1.44 bits per heavy atom. The Morgan fingerprint density at radius 3 is 3.11 bits per heavy atom. The summed E-state index contributed by atoms with van der Waals surface area (Å²) in [4.78, 5) is 0. The van der Waals surface area contributed by atoms with Crippen molar-refractivity contribution in [1.29, 1.82) is 0 Å². The van der Waals surface area contributed by atoms with Gasteiger partial charge in [0.25, 0.3) is 0 Å². The summed E-state index contributed by atoms with van der Waals surface area (Å²) in [7, 11) is 0. The average molecular weight is 245 g/mol. The smallest absolute Gasteiger partial charge is 0.122 e. The minimum Gasteiger partial charge on any atom is -0.493 e. The van der Waals surface area contributed by atoms with Crippen molar-refractivity contribution in [3.63, 3.8) is 0 Å². The van der Waals surface area contributed by atoms with Crippen molar-refractivity contribution in [2.24, 2.45) is 0 Å². The van der Waals surface area contributed by atoms with Gasteiger partial charge in [0.05, 0.1) is 6.61 Å². The first-order valence-electron chi connectivity index (χ1n) is 6.95. The van der Waals surface area contributed by atoms with Gasteiger partial charge in [-0.05, 0) is 43.5 Å². The number of nitrogens with one attached hydrogen (secondary N) is 1. The highest BCUT2D eigenvalue weighted by Crippen LogP contribution is 2.29. The van der Waals surface area contributed by atoms with E-state index >= 15 is 0 Å². The third-order valence-electron chi connectivity index (χ3n) is 3.46. The maximum atomic E-state index is 5.55. The molecule has 1 aromatic rings. The molecule has 1 aliphatic heterocycles. The van der Waals surface area contributed by atoms with Crippen LogP contribution in [0.3, 0.4) is 0 Å². The molecule has 2 rings (SSSR count). The molecule has 0 fully saturated rings. The van der Waals surface area contributed by atoms with Crippen LogP contribution < -0.4 is 10.1 Å². The van der Waals surface area contributed by atoms with E-state index in [1.807, 2.05) is 0 Å². The summed E-state index contributed by atoms with van der Waals surface area (Å²) in [5.74, 6) is 1.07. The minimum atomic E-state index is 0.459. The lowest BCUT2D eigenvalue weighted by Gasteiger charge is -2.17. The van der Waals surface area contributed by atoms with E-state index in [0.29, 0.717) is 6.04 Å². The Balaban J connectivity index is 1.98. The molecule has 1 aliphatic rings. The number of allylic oxidation sites excluding steroid dienone is 1. The van der Waals surface area contributed by atoms with Crippen LogP contribution in [-0.4, -0.2) is 13.2 Å². The van der Waals surface area contributed by atoms with Crippen LogP contribution in [0.1, 0.15) is 43.9 Å². The van der Waals surface area contributed by atoms with Crippen molar-refractivity contribution in [1.82, 2.24) is 5.32 Å². The number of hydrogen-bond donors (Lipinski definition) is 1. The van der Waals surface area contributed by atoms with Crippen molar-refractivity contribution in [3.05, 3.63) is 41.5 Å². The van der Waals surface area contributed by atoms with Crippen LogP contribution >= 0.6 is 0 Å². The van der Waals surface area contributed by atoms with Gasteiger partial charge in [-0.15, -0.1) is 0 Å². The van der Waals surface area contributed by atoms with Gasteiger partial charge in [0.1, 0.15) is 5.75 Å². The maximum Gasteiger partial charge on any atom is 0.122 e. The molecule has 0 radical (unpaired) electrons. The summed E-state index contributed by atoms with van der Waals surface area (Å²) >= 11 is 0. The summed E-state index contributed by atoms with van der Waals surface area (Å²) < 4.78 is 5.55. The molecule has 0 spiro atoms. The Morgan fingerprint density at radius 2 is 2.33 bits per heavy atom. The molecular formula is C16H23NO. The van der Waals surface area contributed by atoms with Gasteiger partial charge in [-0.25, -0.2) is 0 Å². The highest BCUT2D eigenvalue weighted by Gasteiger charge is 2.15. The second-order valence-electron chi connectivity index (χ2n) is 4.74. The topological polar surface area (TPSA) is 21.3 Å². The third kappa shape index (κ3) is 3.14. The van der Waals surface area contributed by atoms with Crippen molar-refractivity contribution in [3.8, 4) is 5.75 Å². The Bertz CT molecular complexity index is 412. The predicted molar refractivity (Wildman–Crippen MR) is 76.1 cm³/mol. The van der Waals surface area contributed by atoms with Crippen LogP contribution in [0.5, 0.6) is 5.75 Å². The van der Waals surface area contributed by atoms with E-state index in [-0.39, 0.29) is 0 Å². The molecule has 1 atom stereocenters. The second kappa shape index (κ2) is 6.60. The first-order valence-corrected chi connectivity index (χ1v) is 6.95. The summed E-state index contributed by atoms with van der Waals surface area (Å²) in [5.41, 5.74) is 2.75. The summed E-state index contributed by atoms with van der Waals surface area (Å²) in [6.07, 6.45) is 7.58. The molecule has 2 heteroatoms. The molecular weight excluding hydrogens is 222 g/mol. The van der Waals surface area contributed by atoms with Gasteiger partial charge >= 0.3 is 0 Å². The van der Waals surface area contributed by atoms with E-state index in [4.69, 9.17) is 4.74 Å². The lowest BCUT2D eigenvalue weighted by atomic mass is 10.0. The summed E-state index contributed by atoms with van der Waals surface area (Å²) in [6.45, 7) is 6.18. The zero-order chi connectivity index (χ0) is 12.8. The largest absolute Gasteiger partial charge is 0.493 e. The number of fused-ring (bicyclic) bond motifs is 1. The molecule has 1 N–H and O–H groups in total. The van der Waals surface area contributed by atoms with E-state index in [9.17, 15) is 0 Å². The number of ether oxygens (including phenoxy) is 1. The van der Waals surface area contributed by atoms with Gasteiger partial charge in [0, 0.05) is 12.5 Å². The van der Waals surface area contributed by atoms with Crippen molar-refractivity contribution in [2.75, 3.05) is 13.2 Å². The van der Waals surface area contributed by atoms with E-state index in [1.165, 1.54) is 11.1 Å². The summed E-state index contributed by atoms with van der Waals surface area (Å²) in [6, 6.07) is 7.08. The lowest BCUT2D eigenvalue weighted by Crippen LogP contribution is -2.21. The maximum absolute atomic E-state index is 5.55. The lowest BCUT2D eigenvalue weighted by molar-refractivity contribution is 0.356. The van der Waals surface area contributed by atoms with E-state index < -0.39 is 0 Å². The van der Waals surface area contributed by atoms with E-state index in [0.717, 1.165) is 38.2 Å². The molecule has 0 aromatic heterocycles. The molecule has 0 saturated carbocycles. The standard InChI is InChI=1S/C16H23NO/c1-3-5-6-10-17-15(4-2)13-7-8-16-14(12-13)9-11-18-16/h3,5,7-8,12,15,17H,4,6,9-11H2,1-2H3/b5-3+. The fourth-order valence-electron chi connectivity index (χ4n) is 2.43. The van der Waals surface area contributed by atoms with Crippen LogP contribution in [0.25, 0.3) is 0 Å². The average Bonchev–Trinajstić information content (AvgIpc) is 2.86. The molecule has 0 bridgehead atoms.